The summed E-state index contributed by atoms with van der Waals surface area (Å²) in [5.74, 6) is 0.431. The Kier molecular flexibility index (Phi) is 5.50. The van der Waals surface area contributed by atoms with Gasteiger partial charge in [-0.3, -0.25) is 0 Å². The predicted molar refractivity (Wildman–Crippen MR) is 95.6 cm³/mol. The van der Waals surface area contributed by atoms with Crippen molar-refractivity contribution in [2.24, 2.45) is 0 Å². The number of halogens is 1. The van der Waals surface area contributed by atoms with Crippen LogP contribution in [0.1, 0.15) is 29.2 Å². The predicted octanol–water partition coefficient (Wildman–Crippen LogP) is 4.95. The molecule has 130 valence electrons. The van der Waals surface area contributed by atoms with Crippen LogP contribution in [0, 0.1) is 5.82 Å². The third kappa shape index (κ3) is 4.70. The number of carbonyl (C=O) groups excluding carboxylic acids is 1. The molecule has 0 aliphatic rings. The lowest BCUT2D eigenvalue weighted by Gasteiger charge is -2.24. The fourth-order valence-electron chi connectivity index (χ4n) is 2.49. The van der Waals surface area contributed by atoms with Gasteiger partial charge in [0.2, 0.25) is 0 Å². The Labute approximate surface area is 149 Å². The molecule has 0 radical (unpaired) electrons. The molecule has 2 amide bonds. The highest BCUT2D eigenvalue weighted by Crippen LogP contribution is 2.17. The number of rotatable bonds is 6. The Morgan fingerprint density at radius 3 is 2.64 bits per heavy atom. The Balaban J connectivity index is 1.70. The summed E-state index contributed by atoms with van der Waals surface area (Å²) in [7, 11) is 0. The third-order valence-corrected chi connectivity index (χ3v) is 4.71. The van der Waals surface area contributed by atoms with E-state index in [0.717, 1.165) is 16.2 Å². The van der Waals surface area contributed by atoms with Crippen LogP contribution in [0.5, 0.6) is 0 Å². The fourth-order valence-corrected chi connectivity index (χ4v) is 3.21. The normalized spacial score (nSPS) is 11.9. The highest BCUT2D eigenvalue weighted by molar-refractivity contribution is 7.09. The first kappa shape index (κ1) is 17.2. The first-order valence-electron chi connectivity index (χ1n) is 7.97. The molecular formula is C19H19FN2O2S. The van der Waals surface area contributed by atoms with Gasteiger partial charge in [-0.15, -0.1) is 11.3 Å². The van der Waals surface area contributed by atoms with Crippen molar-refractivity contribution in [2.75, 3.05) is 0 Å². The molecule has 0 fully saturated rings. The van der Waals surface area contributed by atoms with Crippen molar-refractivity contribution < 1.29 is 13.6 Å². The van der Waals surface area contributed by atoms with Gasteiger partial charge in [-0.1, -0.05) is 18.2 Å². The van der Waals surface area contributed by atoms with E-state index in [1.165, 1.54) is 12.1 Å². The summed E-state index contributed by atoms with van der Waals surface area (Å²) in [4.78, 5) is 15.5. The molecule has 25 heavy (non-hydrogen) atoms. The number of furan rings is 1. The molecule has 1 atom stereocenters. The molecule has 3 aromatic rings. The van der Waals surface area contributed by atoms with Crippen molar-refractivity contribution >= 4 is 17.4 Å². The molecular weight excluding hydrogens is 339 g/mol. The maximum atomic E-state index is 13.1. The number of carbonyl (C=O) groups is 1. The lowest BCUT2D eigenvalue weighted by Crippen LogP contribution is -2.40. The molecule has 2 heterocycles. The second-order valence-corrected chi connectivity index (χ2v) is 6.77. The van der Waals surface area contributed by atoms with Crippen molar-refractivity contribution in [3.05, 3.63) is 82.2 Å². The Bertz CT molecular complexity index is 749. The summed E-state index contributed by atoms with van der Waals surface area (Å²) >= 11 is 1.60. The number of nitrogens with zero attached hydrogens (tertiary/aromatic N) is 1. The Morgan fingerprint density at radius 2 is 2.00 bits per heavy atom. The molecule has 1 aromatic carbocycles. The second-order valence-electron chi connectivity index (χ2n) is 5.74. The molecule has 0 bridgehead atoms. The van der Waals surface area contributed by atoms with Crippen molar-refractivity contribution in [1.82, 2.24) is 10.2 Å². The third-order valence-electron chi connectivity index (χ3n) is 3.85. The number of nitrogens with one attached hydrogen (secondary N) is 1. The largest absolute Gasteiger partial charge is 0.467 e. The van der Waals surface area contributed by atoms with E-state index in [9.17, 15) is 9.18 Å². The summed E-state index contributed by atoms with van der Waals surface area (Å²) in [5, 5.41) is 4.95. The fraction of sp³-hybridized carbons (Fsp3) is 0.211. The lowest BCUT2D eigenvalue weighted by molar-refractivity contribution is 0.184. The van der Waals surface area contributed by atoms with Gasteiger partial charge in [-0.2, -0.15) is 0 Å². The van der Waals surface area contributed by atoms with Gasteiger partial charge in [0, 0.05) is 4.88 Å². The smallest absolute Gasteiger partial charge is 0.318 e. The van der Waals surface area contributed by atoms with Crippen LogP contribution in [-0.2, 0) is 13.1 Å². The summed E-state index contributed by atoms with van der Waals surface area (Å²) in [5.41, 5.74) is 0.851. The first-order chi connectivity index (χ1) is 12.1. The molecule has 1 N–H and O–H groups in total. The van der Waals surface area contributed by atoms with Crippen LogP contribution in [0.2, 0.25) is 0 Å². The van der Waals surface area contributed by atoms with Crippen LogP contribution >= 0.6 is 11.3 Å². The number of urea groups is 1. The number of hydrogen-bond acceptors (Lipinski definition) is 3. The van der Waals surface area contributed by atoms with E-state index in [0.29, 0.717) is 13.1 Å². The molecule has 2 aromatic heterocycles. The maximum Gasteiger partial charge on any atom is 0.318 e. The molecule has 4 nitrogen and oxygen atoms in total. The van der Waals surface area contributed by atoms with Gasteiger partial charge in [0.15, 0.2) is 0 Å². The molecule has 0 spiro atoms. The van der Waals surface area contributed by atoms with E-state index < -0.39 is 0 Å². The highest BCUT2D eigenvalue weighted by atomic mass is 32.1. The zero-order valence-electron chi connectivity index (χ0n) is 13.8. The summed E-state index contributed by atoms with van der Waals surface area (Å²) in [6.07, 6.45) is 1.59. The number of benzene rings is 1. The zero-order chi connectivity index (χ0) is 17.6. The van der Waals surface area contributed by atoms with E-state index >= 15 is 0 Å². The van der Waals surface area contributed by atoms with Crippen molar-refractivity contribution in [1.29, 1.82) is 0 Å². The number of hydrogen-bond donors (Lipinski definition) is 1. The van der Waals surface area contributed by atoms with E-state index in [-0.39, 0.29) is 17.9 Å². The molecule has 0 aliphatic heterocycles. The van der Waals surface area contributed by atoms with Crippen LogP contribution in [-0.4, -0.2) is 10.9 Å². The molecule has 3 rings (SSSR count). The molecule has 0 saturated carbocycles. The minimum absolute atomic E-state index is 0.193. The minimum atomic E-state index is -0.292. The van der Waals surface area contributed by atoms with Crippen molar-refractivity contribution in [3.63, 3.8) is 0 Å². The standard InChI is InChI=1S/C19H19FN2O2S/c1-14(15-6-8-16(20)9-7-15)21-19(23)22(12-17-4-2-10-24-17)13-18-5-3-11-25-18/h2-11,14H,12-13H2,1H3,(H,21,23). The maximum absolute atomic E-state index is 13.1. The van der Waals surface area contributed by atoms with Crippen LogP contribution in [0.3, 0.4) is 0 Å². The Hall–Kier alpha value is -2.60. The quantitative estimate of drug-likeness (QED) is 0.677. The van der Waals surface area contributed by atoms with Crippen LogP contribution in [0.15, 0.2) is 64.6 Å². The molecule has 0 saturated heterocycles. The average Bonchev–Trinajstić information content (AvgIpc) is 3.28. The van der Waals surface area contributed by atoms with E-state index in [2.05, 4.69) is 5.32 Å². The van der Waals surface area contributed by atoms with Gasteiger partial charge >= 0.3 is 6.03 Å². The lowest BCUT2D eigenvalue weighted by atomic mass is 10.1. The number of amides is 2. The first-order valence-corrected chi connectivity index (χ1v) is 8.85. The summed E-state index contributed by atoms with van der Waals surface area (Å²) in [6.45, 7) is 2.76. The highest BCUT2D eigenvalue weighted by Gasteiger charge is 2.19. The second kappa shape index (κ2) is 7.98. The van der Waals surface area contributed by atoms with Gasteiger partial charge < -0.3 is 14.6 Å². The minimum Gasteiger partial charge on any atom is -0.467 e. The summed E-state index contributed by atoms with van der Waals surface area (Å²) in [6, 6.07) is 13.3. The van der Waals surface area contributed by atoms with E-state index in [1.807, 2.05) is 30.5 Å². The van der Waals surface area contributed by atoms with Gasteiger partial charge in [0.25, 0.3) is 0 Å². The molecule has 1 unspecified atom stereocenters. The van der Waals surface area contributed by atoms with E-state index in [1.54, 1.807) is 40.7 Å². The van der Waals surface area contributed by atoms with Crippen molar-refractivity contribution in [2.45, 2.75) is 26.1 Å². The van der Waals surface area contributed by atoms with E-state index in [4.69, 9.17) is 4.42 Å². The molecule has 0 aliphatic carbocycles. The van der Waals surface area contributed by atoms with Crippen molar-refractivity contribution in [3.8, 4) is 0 Å². The summed E-state index contributed by atoms with van der Waals surface area (Å²) < 4.78 is 18.4. The monoisotopic (exact) mass is 358 g/mol. The number of thiophene rings is 1. The zero-order valence-corrected chi connectivity index (χ0v) is 14.6. The van der Waals surface area contributed by atoms with Gasteiger partial charge in [0.1, 0.15) is 11.6 Å². The Morgan fingerprint density at radius 1 is 1.20 bits per heavy atom. The topological polar surface area (TPSA) is 45.5 Å². The van der Waals surface area contributed by atoms with Gasteiger partial charge in [-0.25, -0.2) is 9.18 Å². The van der Waals surface area contributed by atoms with Gasteiger partial charge in [-0.05, 0) is 48.2 Å². The average molecular weight is 358 g/mol. The van der Waals surface area contributed by atoms with Crippen LogP contribution in [0.25, 0.3) is 0 Å². The van der Waals surface area contributed by atoms with Crippen LogP contribution in [0.4, 0.5) is 9.18 Å². The van der Waals surface area contributed by atoms with Crippen LogP contribution < -0.4 is 5.32 Å². The SMILES string of the molecule is CC(NC(=O)N(Cc1ccco1)Cc1cccs1)c1ccc(F)cc1. The van der Waals surface area contributed by atoms with Gasteiger partial charge in [0.05, 0.1) is 25.4 Å². The molecule has 6 heteroatoms.